The van der Waals surface area contributed by atoms with Crippen molar-refractivity contribution < 1.29 is 19.4 Å². The lowest BCUT2D eigenvalue weighted by Gasteiger charge is -2.41. The molecule has 0 aliphatic carbocycles. The van der Waals surface area contributed by atoms with Gasteiger partial charge in [0.2, 0.25) is 5.88 Å². The van der Waals surface area contributed by atoms with E-state index in [2.05, 4.69) is 42.6 Å². The number of hydrogen-bond acceptors (Lipinski definition) is 6. The first kappa shape index (κ1) is 28.2. The Morgan fingerprint density at radius 1 is 1.19 bits per heavy atom. The van der Waals surface area contributed by atoms with Crippen LogP contribution < -0.4 is 9.64 Å². The highest BCUT2D eigenvalue weighted by molar-refractivity contribution is 6.32. The molecule has 0 unspecified atom stereocenters. The highest BCUT2D eigenvalue weighted by Gasteiger charge is 2.36. The topological polar surface area (TPSA) is 84.8 Å². The number of aryl methyl sites for hydroxylation is 1. The maximum Gasteiger partial charge on any atom is 0.337 e. The standard InChI is InChI=1S/C28H40ClN3O4/c1-17(2)16-35-21-10-9-19(25(29)31-21)20-15-30-18(3)22(24(26(33)34)36-27(4,5)6)23(20)32-13-11-28(7,8)12-14-32/h9-10,15,17,24H,11-14,16H2,1-8H3,(H,33,34)/t24-/m0/s1. The minimum absolute atomic E-state index is 0.224. The summed E-state index contributed by atoms with van der Waals surface area (Å²) in [6, 6.07) is 3.67. The lowest BCUT2D eigenvalue weighted by molar-refractivity contribution is -0.160. The third kappa shape index (κ3) is 6.88. The number of aliphatic carboxylic acids is 1. The summed E-state index contributed by atoms with van der Waals surface area (Å²) in [7, 11) is 0. The summed E-state index contributed by atoms with van der Waals surface area (Å²) >= 11 is 6.69. The lowest BCUT2D eigenvalue weighted by atomic mass is 9.82. The summed E-state index contributed by atoms with van der Waals surface area (Å²) < 4.78 is 11.9. The summed E-state index contributed by atoms with van der Waals surface area (Å²) in [6.07, 6.45) is 2.56. The number of rotatable bonds is 8. The van der Waals surface area contributed by atoms with Gasteiger partial charge in [-0.2, -0.15) is 0 Å². The van der Waals surface area contributed by atoms with E-state index >= 15 is 0 Å². The highest BCUT2D eigenvalue weighted by Crippen LogP contribution is 2.44. The smallest absolute Gasteiger partial charge is 0.337 e. The number of aromatic nitrogens is 2. The molecule has 1 aliphatic rings. The molecule has 1 saturated heterocycles. The Labute approximate surface area is 220 Å². The third-order valence-electron chi connectivity index (χ3n) is 6.36. The fourth-order valence-electron chi connectivity index (χ4n) is 4.33. The summed E-state index contributed by atoms with van der Waals surface area (Å²) in [5.74, 6) is -0.231. The number of anilines is 1. The monoisotopic (exact) mass is 517 g/mol. The summed E-state index contributed by atoms with van der Waals surface area (Å²) in [5, 5.41) is 10.5. The number of carbonyl (C=O) groups is 1. The van der Waals surface area contributed by atoms with Crippen LogP contribution in [0.1, 0.15) is 78.7 Å². The average Bonchev–Trinajstić information content (AvgIpc) is 2.76. The Morgan fingerprint density at radius 2 is 1.83 bits per heavy atom. The van der Waals surface area contributed by atoms with Crippen LogP contribution in [-0.4, -0.2) is 46.3 Å². The van der Waals surface area contributed by atoms with E-state index in [-0.39, 0.29) is 10.6 Å². The number of pyridine rings is 2. The van der Waals surface area contributed by atoms with Gasteiger partial charge in [0, 0.05) is 47.7 Å². The molecule has 0 saturated carbocycles. The fourth-order valence-corrected chi connectivity index (χ4v) is 4.58. The van der Waals surface area contributed by atoms with Gasteiger partial charge < -0.3 is 19.5 Å². The van der Waals surface area contributed by atoms with Gasteiger partial charge in [0.05, 0.1) is 17.9 Å². The van der Waals surface area contributed by atoms with E-state index < -0.39 is 17.7 Å². The largest absolute Gasteiger partial charge is 0.479 e. The second-order valence-electron chi connectivity index (χ2n) is 11.8. The number of carboxylic acid groups (broad SMARTS) is 1. The molecule has 36 heavy (non-hydrogen) atoms. The van der Waals surface area contributed by atoms with Gasteiger partial charge in [-0.05, 0) is 57.9 Å². The Morgan fingerprint density at radius 3 is 2.36 bits per heavy atom. The molecule has 0 bridgehead atoms. The van der Waals surface area contributed by atoms with Crippen LogP contribution in [-0.2, 0) is 9.53 Å². The molecular formula is C28H40ClN3O4. The number of piperidine rings is 1. The van der Waals surface area contributed by atoms with Crippen molar-refractivity contribution in [3.63, 3.8) is 0 Å². The zero-order valence-corrected chi connectivity index (χ0v) is 23.6. The number of hydrogen-bond donors (Lipinski definition) is 1. The third-order valence-corrected chi connectivity index (χ3v) is 6.64. The SMILES string of the molecule is Cc1ncc(-c2ccc(OCC(C)C)nc2Cl)c(N2CCC(C)(C)CC2)c1[C@H](OC(C)(C)C)C(=O)O. The van der Waals surface area contributed by atoms with Crippen LogP contribution in [0.5, 0.6) is 5.88 Å². The molecule has 2 aromatic heterocycles. The fraction of sp³-hybridized carbons (Fsp3) is 0.607. The molecule has 1 fully saturated rings. The van der Waals surface area contributed by atoms with E-state index in [1.54, 1.807) is 12.3 Å². The molecule has 3 heterocycles. The maximum atomic E-state index is 12.5. The van der Waals surface area contributed by atoms with Crippen LogP contribution in [0.4, 0.5) is 5.69 Å². The van der Waals surface area contributed by atoms with Gasteiger partial charge in [0.1, 0.15) is 5.15 Å². The highest BCUT2D eigenvalue weighted by atomic mass is 35.5. The minimum atomic E-state index is -1.18. The molecule has 1 aliphatic heterocycles. The molecule has 7 nitrogen and oxygen atoms in total. The van der Waals surface area contributed by atoms with Gasteiger partial charge >= 0.3 is 5.97 Å². The van der Waals surface area contributed by atoms with E-state index in [0.717, 1.165) is 37.2 Å². The Balaban J connectivity index is 2.19. The number of ether oxygens (including phenoxy) is 2. The van der Waals surface area contributed by atoms with E-state index in [0.29, 0.717) is 35.2 Å². The molecule has 0 radical (unpaired) electrons. The van der Waals surface area contributed by atoms with Crippen LogP contribution >= 0.6 is 11.6 Å². The number of nitrogens with zero attached hydrogens (tertiary/aromatic N) is 3. The molecule has 2 aromatic rings. The van der Waals surface area contributed by atoms with Crippen molar-refractivity contribution in [2.45, 2.75) is 79.9 Å². The van der Waals surface area contributed by atoms with Crippen LogP contribution in [0.25, 0.3) is 11.1 Å². The van der Waals surface area contributed by atoms with E-state index in [1.807, 2.05) is 33.8 Å². The van der Waals surface area contributed by atoms with Gasteiger partial charge in [-0.25, -0.2) is 9.78 Å². The number of carboxylic acids is 1. The summed E-state index contributed by atoms with van der Waals surface area (Å²) in [4.78, 5) is 23.9. The molecule has 198 valence electrons. The average molecular weight is 518 g/mol. The molecule has 8 heteroatoms. The van der Waals surface area contributed by atoms with Gasteiger partial charge in [-0.3, -0.25) is 4.98 Å². The lowest BCUT2D eigenvalue weighted by Crippen LogP contribution is -2.39. The van der Waals surface area contributed by atoms with Gasteiger partial charge in [0.15, 0.2) is 6.10 Å². The summed E-state index contributed by atoms with van der Waals surface area (Å²) in [5.41, 5.74) is 2.97. The van der Waals surface area contributed by atoms with E-state index in [1.165, 1.54) is 0 Å². The normalized spacial score (nSPS) is 16.8. The van der Waals surface area contributed by atoms with E-state index in [9.17, 15) is 9.90 Å². The molecule has 1 N–H and O–H groups in total. The van der Waals surface area contributed by atoms with Crippen LogP contribution in [0.3, 0.4) is 0 Å². The Hall–Kier alpha value is -2.38. The van der Waals surface area contributed by atoms with Crippen molar-refractivity contribution >= 4 is 23.3 Å². The Kier molecular flexibility index (Phi) is 8.56. The minimum Gasteiger partial charge on any atom is -0.479 e. The van der Waals surface area contributed by atoms with Crippen molar-refractivity contribution in [2.75, 3.05) is 24.6 Å². The van der Waals surface area contributed by atoms with Crippen molar-refractivity contribution in [3.8, 4) is 17.0 Å². The first-order valence-corrected chi connectivity index (χ1v) is 13.0. The van der Waals surface area contributed by atoms with Crippen molar-refractivity contribution in [3.05, 3.63) is 34.7 Å². The van der Waals surface area contributed by atoms with E-state index in [4.69, 9.17) is 21.1 Å². The predicted octanol–water partition coefficient (Wildman–Crippen LogP) is 6.71. The van der Waals surface area contributed by atoms with Gasteiger partial charge in [0.25, 0.3) is 0 Å². The summed E-state index contributed by atoms with van der Waals surface area (Å²) in [6.45, 7) is 18.2. The molecule has 1 atom stereocenters. The van der Waals surface area contributed by atoms with Crippen LogP contribution in [0.15, 0.2) is 18.3 Å². The van der Waals surface area contributed by atoms with Crippen molar-refractivity contribution in [1.29, 1.82) is 0 Å². The first-order valence-electron chi connectivity index (χ1n) is 12.6. The molecular weight excluding hydrogens is 478 g/mol. The van der Waals surface area contributed by atoms with Crippen LogP contribution in [0, 0.1) is 18.3 Å². The second kappa shape index (κ2) is 10.9. The van der Waals surface area contributed by atoms with Crippen molar-refractivity contribution in [2.24, 2.45) is 11.3 Å². The zero-order chi connectivity index (χ0) is 26.8. The molecule has 0 amide bonds. The van der Waals surface area contributed by atoms with Crippen molar-refractivity contribution in [1.82, 2.24) is 9.97 Å². The Bertz CT molecular complexity index is 1080. The second-order valence-corrected chi connectivity index (χ2v) is 12.2. The molecule has 3 rings (SSSR count). The van der Waals surface area contributed by atoms with Gasteiger partial charge in [-0.15, -0.1) is 0 Å². The quantitative estimate of drug-likeness (QED) is 0.389. The predicted molar refractivity (Wildman–Crippen MR) is 144 cm³/mol. The zero-order valence-electron chi connectivity index (χ0n) is 22.8. The first-order chi connectivity index (χ1) is 16.7. The molecule has 0 spiro atoms. The van der Waals surface area contributed by atoms with Crippen LogP contribution in [0.2, 0.25) is 5.15 Å². The maximum absolute atomic E-state index is 12.5. The van der Waals surface area contributed by atoms with Gasteiger partial charge in [-0.1, -0.05) is 39.3 Å². The number of halogens is 1. The molecule has 0 aromatic carbocycles.